The maximum absolute atomic E-state index is 12.8. The molecule has 0 saturated heterocycles. The highest BCUT2D eigenvalue weighted by Gasteiger charge is 2.22. The van der Waals surface area contributed by atoms with Gasteiger partial charge in [-0.2, -0.15) is 0 Å². The zero-order valence-corrected chi connectivity index (χ0v) is 20.5. The Labute approximate surface area is 200 Å². The molecule has 2 aromatic carbocycles. The van der Waals surface area contributed by atoms with Gasteiger partial charge in [0.25, 0.3) is 0 Å². The summed E-state index contributed by atoms with van der Waals surface area (Å²) in [6.45, 7) is 4.12. The normalized spacial score (nSPS) is 13.6. The van der Waals surface area contributed by atoms with Crippen molar-refractivity contribution >= 4 is 29.0 Å². The first-order valence-electron chi connectivity index (χ1n) is 11.0. The zero-order valence-electron chi connectivity index (χ0n) is 19.7. The third kappa shape index (κ3) is 5.97. The number of nitrogen functional groups attached to an aromatic ring is 1. The van der Waals surface area contributed by atoms with Gasteiger partial charge < -0.3 is 20.1 Å². The lowest BCUT2D eigenvalue weighted by Crippen LogP contribution is -2.35. The fraction of sp³-hybridized carbons (Fsp3) is 0.440. The van der Waals surface area contributed by atoms with Gasteiger partial charge in [0.1, 0.15) is 0 Å². The van der Waals surface area contributed by atoms with Crippen LogP contribution >= 0.6 is 11.6 Å². The van der Waals surface area contributed by atoms with Gasteiger partial charge in [-0.25, -0.2) is 0 Å². The van der Waals surface area contributed by atoms with E-state index in [2.05, 4.69) is 0 Å². The molecule has 0 atom stereocenters. The SMILES string of the molecule is COc1cc2c(cc1OC)CC(=O)N(CCCN(C)CC(=O)c1cc(C)c(N)c(Cl)c1)CC2. The van der Waals surface area contributed by atoms with Gasteiger partial charge in [0.05, 0.1) is 37.9 Å². The van der Waals surface area contributed by atoms with Crippen LogP contribution in [0.4, 0.5) is 5.69 Å². The molecule has 3 rings (SSSR count). The van der Waals surface area contributed by atoms with Crippen molar-refractivity contribution in [3.8, 4) is 11.5 Å². The number of benzene rings is 2. The van der Waals surface area contributed by atoms with Crippen LogP contribution in [0, 0.1) is 6.92 Å². The Balaban J connectivity index is 1.53. The summed E-state index contributed by atoms with van der Waals surface area (Å²) in [5.41, 5.74) is 9.83. The van der Waals surface area contributed by atoms with Crippen molar-refractivity contribution in [2.45, 2.75) is 26.2 Å². The third-order valence-electron chi connectivity index (χ3n) is 6.09. The molecular weight excluding hydrogens is 442 g/mol. The highest BCUT2D eigenvalue weighted by molar-refractivity contribution is 6.33. The number of nitrogens with zero attached hydrogens (tertiary/aromatic N) is 2. The van der Waals surface area contributed by atoms with Gasteiger partial charge in [-0.15, -0.1) is 0 Å². The van der Waals surface area contributed by atoms with Crippen LogP contribution in [-0.2, 0) is 17.6 Å². The summed E-state index contributed by atoms with van der Waals surface area (Å²) >= 11 is 6.12. The summed E-state index contributed by atoms with van der Waals surface area (Å²) in [5.74, 6) is 1.42. The second-order valence-corrected chi connectivity index (χ2v) is 8.89. The number of Topliss-reactive ketones (excluding diaryl/α,β-unsaturated/α-hetero) is 1. The highest BCUT2D eigenvalue weighted by Crippen LogP contribution is 2.32. The Bertz CT molecular complexity index is 1020. The van der Waals surface area contributed by atoms with Gasteiger partial charge in [0.15, 0.2) is 17.3 Å². The van der Waals surface area contributed by atoms with Gasteiger partial charge >= 0.3 is 0 Å². The number of fused-ring (bicyclic) bond motifs is 1. The molecule has 0 radical (unpaired) electrons. The molecule has 7 nitrogen and oxygen atoms in total. The number of carbonyl (C=O) groups excluding carboxylic acids is 2. The molecule has 0 saturated carbocycles. The predicted molar refractivity (Wildman–Crippen MR) is 131 cm³/mol. The van der Waals surface area contributed by atoms with Crippen LogP contribution < -0.4 is 15.2 Å². The first-order chi connectivity index (χ1) is 15.7. The average Bonchev–Trinajstić information content (AvgIpc) is 2.93. The van der Waals surface area contributed by atoms with E-state index in [0.717, 1.165) is 29.5 Å². The van der Waals surface area contributed by atoms with Gasteiger partial charge in [-0.1, -0.05) is 11.6 Å². The summed E-state index contributed by atoms with van der Waals surface area (Å²) < 4.78 is 10.8. The molecule has 1 aliphatic heterocycles. The number of carbonyl (C=O) groups is 2. The number of hydrogen-bond donors (Lipinski definition) is 1. The summed E-state index contributed by atoms with van der Waals surface area (Å²) in [5, 5.41) is 0.400. The van der Waals surface area contributed by atoms with E-state index in [1.165, 1.54) is 0 Å². The minimum absolute atomic E-state index is 0.00769. The van der Waals surface area contributed by atoms with Gasteiger partial charge in [-0.05, 0) is 74.3 Å². The van der Waals surface area contributed by atoms with E-state index in [-0.39, 0.29) is 18.2 Å². The van der Waals surface area contributed by atoms with Crippen molar-refractivity contribution in [2.24, 2.45) is 0 Å². The van der Waals surface area contributed by atoms with Gasteiger partial charge in [0.2, 0.25) is 5.91 Å². The number of ether oxygens (including phenoxy) is 2. The third-order valence-corrected chi connectivity index (χ3v) is 6.40. The fourth-order valence-corrected chi connectivity index (χ4v) is 4.38. The monoisotopic (exact) mass is 473 g/mol. The molecule has 178 valence electrons. The topological polar surface area (TPSA) is 85.1 Å². The lowest BCUT2D eigenvalue weighted by atomic mass is 10.0. The standard InChI is InChI=1S/C25H32ClN3O4/c1-16-10-19(11-20(26)25(16)27)21(30)15-28(2)7-5-8-29-9-6-17-12-22(32-3)23(33-4)13-18(17)14-24(29)31/h10-13H,5-9,14-15,27H2,1-4H3. The number of halogens is 1. The summed E-state index contributed by atoms with van der Waals surface area (Å²) in [6, 6.07) is 7.27. The molecule has 2 aromatic rings. The van der Waals surface area contributed by atoms with E-state index in [9.17, 15) is 9.59 Å². The minimum Gasteiger partial charge on any atom is -0.493 e. The Kier molecular flexibility index (Phi) is 8.21. The van der Waals surface area contributed by atoms with Crippen molar-refractivity contribution < 1.29 is 19.1 Å². The molecule has 0 bridgehead atoms. The zero-order chi connectivity index (χ0) is 24.1. The molecule has 0 spiro atoms. The number of anilines is 1. The van der Waals surface area contributed by atoms with Crippen molar-refractivity contribution in [1.82, 2.24) is 9.80 Å². The minimum atomic E-state index is -0.00769. The molecule has 1 heterocycles. The fourth-order valence-electron chi connectivity index (χ4n) is 4.12. The summed E-state index contributed by atoms with van der Waals surface area (Å²) in [6.07, 6.45) is 1.90. The van der Waals surface area contributed by atoms with Crippen LogP contribution in [0.3, 0.4) is 0 Å². The Morgan fingerprint density at radius 2 is 1.82 bits per heavy atom. The van der Waals surface area contributed by atoms with Crippen molar-refractivity contribution in [1.29, 1.82) is 0 Å². The average molecular weight is 474 g/mol. The first kappa shape index (κ1) is 24.9. The number of likely N-dealkylation sites (N-methyl/N-ethyl adjacent to an activating group) is 1. The molecule has 2 N–H and O–H groups in total. The van der Waals surface area contributed by atoms with Crippen LogP contribution in [0.5, 0.6) is 11.5 Å². The van der Waals surface area contributed by atoms with E-state index in [4.69, 9.17) is 26.8 Å². The Morgan fingerprint density at radius 3 is 2.45 bits per heavy atom. The number of rotatable bonds is 9. The Hall–Kier alpha value is -2.77. The number of hydrogen-bond acceptors (Lipinski definition) is 6. The number of nitrogens with two attached hydrogens (primary N) is 1. The predicted octanol–water partition coefficient (Wildman–Crippen LogP) is 3.38. The second kappa shape index (κ2) is 10.9. The Morgan fingerprint density at radius 1 is 1.15 bits per heavy atom. The molecule has 1 aliphatic rings. The number of aryl methyl sites for hydroxylation is 1. The van der Waals surface area contributed by atoms with Crippen LogP contribution in [0.2, 0.25) is 5.02 Å². The lowest BCUT2D eigenvalue weighted by Gasteiger charge is -2.22. The molecular formula is C25H32ClN3O4. The highest BCUT2D eigenvalue weighted by atomic mass is 35.5. The molecule has 0 aliphatic carbocycles. The molecule has 0 fully saturated rings. The number of methoxy groups -OCH3 is 2. The first-order valence-corrected chi connectivity index (χ1v) is 11.4. The maximum Gasteiger partial charge on any atom is 0.227 e. The quantitative estimate of drug-likeness (QED) is 0.444. The molecule has 33 heavy (non-hydrogen) atoms. The van der Waals surface area contributed by atoms with Crippen molar-refractivity contribution in [2.75, 3.05) is 53.2 Å². The number of ketones is 1. The van der Waals surface area contributed by atoms with E-state index in [1.807, 2.05) is 35.9 Å². The summed E-state index contributed by atoms with van der Waals surface area (Å²) in [7, 11) is 5.12. The van der Waals surface area contributed by atoms with Crippen LogP contribution in [0.1, 0.15) is 33.5 Å². The van der Waals surface area contributed by atoms with Gasteiger partial charge in [0, 0.05) is 18.7 Å². The maximum atomic E-state index is 12.8. The molecule has 0 unspecified atom stereocenters. The molecule has 0 aromatic heterocycles. The molecule has 8 heteroatoms. The molecule has 1 amide bonds. The van der Waals surface area contributed by atoms with Gasteiger partial charge in [-0.3, -0.25) is 14.5 Å². The second-order valence-electron chi connectivity index (χ2n) is 8.49. The van der Waals surface area contributed by atoms with Crippen LogP contribution in [0.15, 0.2) is 24.3 Å². The summed E-state index contributed by atoms with van der Waals surface area (Å²) in [4.78, 5) is 29.3. The smallest absolute Gasteiger partial charge is 0.227 e. The number of amides is 1. The van der Waals surface area contributed by atoms with E-state index < -0.39 is 0 Å². The van der Waals surface area contributed by atoms with Crippen molar-refractivity contribution in [3.63, 3.8) is 0 Å². The van der Waals surface area contributed by atoms with Crippen molar-refractivity contribution in [3.05, 3.63) is 51.5 Å². The van der Waals surface area contributed by atoms with E-state index in [1.54, 1.807) is 26.4 Å². The van der Waals surface area contributed by atoms with Crippen LogP contribution in [0.25, 0.3) is 0 Å². The van der Waals surface area contributed by atoms with E-state index >= 15 is 0 Å². The lowest BCUT2D eigenvalue weighted by molar-refractivity contribution is -0.130. The van der Waals surface area contributed by atoms with E-state index in [0.29, 0.717) is 53.8 Å². The van der Waals surface area contributed by atoms with Crippen LogP contribution in [-0.4, -0.2) is 68.9 Å². The largest absolute Gasteiger partial charge is 0.493 e.